The van der Waals surface area contributed by atoms with Crippen molar-refractivity contribution >= 4 is 5.97 Å². The van der Waals surface area contributed by atoms with E-state index in [0.29, 0.717) is 5.82 Å². The Morgan fingerprint density at radius 3 is 2.33 bits per heavy atom. The Morgan fingerprint density at radius 1 is 1.14 bits per heavy atom. The number of rotatable bonds is 3. The summed E-state index contributed by atoms with van der Waals surface area (Å²) in [7, 11) is 0. The van der Waals surface area contributed by atoms with Crippen LogP contribution in [-0.2, 0) is 14.9 Å². The van der Waals surface area contributed by atoms with E-state index < -0.39 is 17.0 Å². The van der Waals surface area contributed by atoms with Gasteiger partial charge in [-0.1, -0.05) is 5.16 Å². The van der Waals surface area contributed by atoms with Crippen molar-refractivity contribution in [3.8, 4) is 11.4 Å². The lowest BCUT2D eigenvalue weighted by Gasteiger charge is -2.25. The summed E-state index contributed by atoms with van der Waals surface area (Å²) in [5.74, 6) is 0.243. The third-order valence-corrected chi connectivity index (χ3v) is 2.81. The van der Waals surface area contributed by atoms with Gasteiger partial charge in [0.15, 0.2) is 0 Å². The maximum absolute atomic E-state index is 12.3. The van der Waals surface area contributed by atoms with Crippen LogP contribution in [0.1, 0.15) is 40.5 Å². The number of aromatic nitrogens is 3. The summed E-state index contributed by atoms with van der Waals surface area (Å²) < 4.78 is 10.6. The lowest BCUT2D eigenvalue weighted by Crippen LogP contribution is -2.37. The molecule has 6 nitrogen and oxygen atoms in total. The number of hydrogen-bond donors (Lipinski definition) is 0. The molecule has 6 heteroatoms. The normalized spacial score (nSPS) is 12.2. The van der Waals surface area contributed by atoms with Crippen molar-refractivity contribution in [1.82, 2.24) is 15.1 Å². The van der Waals surface area contributed by atoms with Crippen LogP contribution < -0.4 is 0 Å². The molecule has 0 aliphatic heterocycles. The van der Waals surface area contributed by atoms with Crippen LogP contribution in [0.4, 0.5) is 0 Å². The molecule has 0 aliphatic rings. The van der Waals surface area contributed by atoms with Gasteiger partial charge in [-0.15, -0.1) is 0 Å². The molecule has 2 aromatic rings. The monoisotopic (exact) mass is 289 g/mol. The van der Waals surface area contributed by atoms with E-state index in [4.69, 9.17) is 9.26 Å². The first-order chi connectivity index (χ1) is 9.70. The first-order valence-corrected chi connectivity index (χ1v) is 6.68. The van der Waals surface area contributed by atoms with Crippen LogP contribution in [0.5, 0.6) is 0 Å². The van der Waals surface area contributed by atoms with Gasteiger partial charge in [0.1, 0.15) is 11.0 Å². The lowest BCUT2D eigenvalue weighted by molar-refractivity contribution is -0.161. The summed E-state index contributed by atoms with van der Waals surface area (Å²) >= 11 is 0. The van der Waals surface area contributed by atoms with E-state index in [0.717, 1.165) is 5.56 Å². The smallest absolute Gasteiger partial charge is 0.321 e. The molecular weight excluding hydrogens is 270 g/mol. The zero-order valence-corrected chi connectivity index (χ0v) is 12.9. The molecule has 112 valence electrons. The maximum Gasteiger partial charge on any atom is 0.321 e. The summed E-state index contributed by atoms with van der Waals surface area (Å²) in [5.41, 5.74) is -0.798. The van der Waals surface area contributed by atoms with Gasteiger partial charge in [-0.25, -0.2) is 0 Å². The number of nitrogens with zero attached hydrogens (tertiary/aromatic N) is 3. The summed E-state index contributed by atoms with van der Waals surface area (Å²) in [6.45, 7) is 8.85. The molecule has 0 unspecified atom stereocenters. The molecule has 0 N–H and O–H groups in total. The van der Waals surface area contributed by atoms with Crippen molar-refractivity contribution < 1.29 is 14.1 Å². The molecule has 0 spiro atoms. The van der Waals surface area contributed by atoms with Crippen molar-refractivity contribution in [3.05, 3.63) is 30.4 Å². The zero-order valence-electron chi connectivity index (χ0n) is 12.9. The Kier molecular flexibility index (Phi) is 3.80. The highest BCUT2D eigenvalue weighted by Crippen LogP contribution is 2.27. The van der Waals surface area contributed by atoms with Crippen LogP contribution in [0.2, 0.25) is 0 Å². The van der Waals surface area contributed by atoms with Crippen LogP contribution in [0, 0.1) is 0 Å². The zero-order chi connectivity index (χ0) is 15.7. The second-order valence-electron chi connectivity index (χ2n) is 6.29. The van der Waals surface area contributed by atoms with Gasteiger partial charge in [0, 0.05) is 18.0 Å². The lowest BCUT2D eigenvalue weighted by atomic mass is 9.93. The summed E-state index contributed by atoms with van der Waals surface area (Å²) in [5, 5.41) is 3.91. The third kappa shape index (κ3) is 3.45. The van der Waals surface area contributed by atoms with Crippen molar-refractivity contribution in [2.75, 3.05) is 0 Å². The fourth-order valence-electron chi connectivity index (χ4n) is 1.59. The van der Waals surface area contributed by atoms with Gasteiger partial charge in [-0.05, 0) is 46.8 Å². The van der Waals surface area contributed by atoms with E-state index >= 15 is 0 Å². The van der Waals surface area contributed by atoms with Crippen LogP contribution >= 0.6 is 0 Å². The Morgan fingerprint density at radius 2 is 1.76 bits per heavy atom. The molecule has 0 amide bonds. The van der Waals surface area contributed by atoms with Gasteiger partial charge in [0.05, 0.1) is 0 Å². The van der Waals surface area contributed by atoms with Crippen molar-refractivity contribution in [2.24, 2.45) is 0 Å². The second-order valence-corrected chi connectivity index (χ2v) is 6.29. The Labute approximate surface area is 123 Å². The van der Waals surface area contributed by atoms with Gasteiger partial charge in [-0.2, -0.15) is 4.98 Å². The van der Waals surface area contributed by atoms with Crippen LogP contribution in [-0.4, -0.2) is 26.7 Å². The first-order valence-electron chi connectivity index (χ1n) is 6.68. The van der Waals surface area contributed by atoms with E-state index in [1.54, 1.807) is 38.4 Å². The number of esters is 1. The minimum atomic E-state index is -1.01. The highest BCUT2D eigenvalue weighted by Gasteiger charge is 2.39. The molecular formula is C15H19N3O3. The minimum absolute atomic E-state index is 0.226. The standard InChI is InChI=1S/C15H19N3O3/c1-14(2,3)20-13(19)15(4,5)12-17-11(18-21-12)10-6-8-16-9-7-10/h6-9H,1-5H3. The number of carbonyl (C=O) groups is 1. The number of pyridine rings is 1. The predicted molar refractivity (Wildman–Crippen MR) is 76.4 cm³/mol. The molecule has 0 aliphatic carbocycles. The van der Waals surface area contributed by atoms with E-state index in [1.807, 2.05) is 20.8 Å². The molecule has 0 aromatic carbocycles. The molecule has 21 heavy (non-hydrogen) atoms. The highest BCUT2D eigenvalue weighted by molar-refractivity contribution is 5.81. The van der Waals surface area contributed by atoms with Crippen molar-refractivity contribution in [1.29, 1.82) is 0 Å². The maximum atomic E-state index is 12.3. The van der Waals surface area contributed by atoms with Crippen LogP contribution in [0.25, 0.3) is 11.4 Å². The van der Waals surface area contributed by atoms with Gasteiger partial charge in [-0.3, -0.25) is 9.78 Å². The van der Waals surface area contributed by atoms with Crippen molar-refractivity contribution in [2.45, 2.75) is 45.6 Å². The molecule has 2 heterocycles. The Bertz CT molecular complexity index is 627. The molecule has 0 bridgehead atoms. The van der Waals surface area contributed by atoms with E-state index in [1.165, 1.54) is 0 Å². The third-order valence-electron chi connectivity index (χ3n) is 2.81. The van der Waals surface area contributed by atoms with Crippen LogP contribution in [0.15, 0.2) is 29.0 Å². The fraction of sp³-hybridized carbons (Fsp3) is 0.467. The molecule has 2 rings (SSSR count). The van der Waals surface area contributed by atoms with E-state index in [9.17, 15) is 4.79 Å². The van der Waals surface area contributed by atoms with E-state index in [2.05, 4.69) is 15.1 Å². The van der Waals surface area contributed by atoms with Gasteiger partial charge in [0.25, 0.3) is 0 Å². The topological polar surface area (TPSA) is 78.1 Å². The predicted octanol–water partition coefficient (Wildman–Crippen LogP) is 2.75. The second kappa shape index (κ2) is 5.27. The number of carbonyl (C=O) groups excluding carboxylic acids is 1. The number of hydrogen-bond acceptors (Lipinski definition) is 6. The minimum Gasteiger partial charge on any atom is -0.459 e. The quantitative estimate of drug-likeness (QED) is 0.808. The Hall–Kier alpha value is -2.24. The Balaban J connectivity index is 2.26. The average Bonchev–Trinajstić information content (AvgIpc) is 2.88. The fourth-order valence-corrected chi connectivity index (χ4v) is 1.59. The molecule has 0 saturated heterocycles. The molecule has 0 radical (unpaired) electrons. The van der Waals surface area contributed by atoms with Gasteiger partial charge >= 0.3 is 5.97 Å². The summed E-state index contributed by atoms with van der Waals surface area (Å²) in [6.07, 6.45) is 3.29. The average molecular weight is 289 g/mol. The SMILES string of the molecule is CC(C)(C)OC(=O)C(C)(C)c1nc(-c2ccncc2)no1. The first kappa shape index (κ1) is 15.2. The number of ether oxygens (including phenoxy) is 1. The molecule has 2 aromatic heterocycles. The molecule has 0 atom stereocenters. The van der Waals surface area contributed by atoms with E-state index in [-0.39, 0.29) is 5.89 Å². The van der Waals surface area contributed by atoms with Gasteiger partial charge in [0.2, 0.25) is 11.7 Å². The largest absolute Gasteiger partial charge is 0.459 e. The van der Waals surface area contributed by atoms with Gasteiger partial charge < -0.3 is 9.26 Å². The molecule has 0 saturated carbocycles. The van der Waals surface area contributed by atoms with Crippen molar-refractivity contribution in [3.63, 3.8) is 0 Å². The van der Waals surface area contributed by atoms with Crippen LogP contribution in [0.3, 0.4) is 0 Å². The summed E-state index contributed by atoms with van der Waals surface area (Å²) in [4.78, 5) is 20.5. The summed E-state index contributed by atoms with van der Waals surface area (Å²) in [6, 6.07) is 3.55. The highest BCUT2D eigenvalue weighted by atomic mass is 16.6. The molecule has 0 fully saturated rings.